The van der Waals surface area contributed by atoms with Crippen LogP contribution in [-0.2, 0) is 20.8 Å². The van der Waals surface area contributed by atoms with Gasteiger partial charge in [-0.3, -0.25) is 4.79 Å². The van der Waals surface area contributed by atoms with Crippen LogP contribution in [-0.4, -0.2) is 30.5 Å². The first kappa shape index (κ1) is 21.5. The second kappa shape index (κ2) is 10.5. The fourth-order valence-corrected chi connectivity index (χ4v) is 4.19. The van der Waals surface area contributed by atoms with Crippen molar-refractivity contribution in [2.45, 2.75) is 38.5 Å². The summed E-state index contributed by atoms with van der Waals surface area (Å²) in [7, 11) is 0. The minimum Gasteiger partial charge on any atom is -0.459 e. The third-order valence-electron chi connectivity index (χ3n) is 4.93. The molecule has 2 N–H and O–H groups in total. The summed E-state index contributed by atoms with van der Waals surface area (Å²) >= 11 is 1.60. The van der Waals surface area contributed by atoms with Crippen molar-refractivity contribution >= 4 is 17.2 Å². The zero-order chi connectivity index (χ0) is 20.6. The molecule has 0 bridgehead atoms. The maximum atomic E-state index is 13.0. The molecular weight excluding hydrogens is 393 g/mol. The standard InChI is InChI=1S/C22H26FNO4S/c1-2-27-22-18(4-3-10-25)19(16-9-11-29-14-16)12-20(28-22)21(26)24-13-15-5-7-17(23)8-6-15/h5-9,11-12,14,18-19,22,25H,2-4,10,13H2,1H3,(H,24,26). The summed E-state index contributed by atoms with van der Waals surface area (Å²) in [5.41, 5.74) is 1.91. The molecule has 2 aromatic rings. The van der Waals surface area contributed by atoms with Crippen LogP contribution in [0.4, 0.5) is 4.39 Å². The van der Waals surface area contributed by atoms with Gasteiger partial charge in [-0.15, -0.1) is 0 Å². The Kier molecular flexibility index (Phi) is 7.80. The number of allylic oxidation sites excluding steroid dienone is 1. The predicted molar refractivity (Wildman–Crippen MR) is 110 cm³/mol. The lowest BCUT2D eigenvalue weighted by molar-refractivity contribution is -0.166. The molecule has 7 heteroatoms. The van der Waals surface area contributed by atoms with Crippen LogP contribution in [0, 0.1) is 11.7 Å². The number of aliphatic hydroxyl groups excluding tert-OH is 1. The summed E-state index contributed by atoms with van der Waals surface area (Å²) in [5.74, 6) is -0.456. The molecule has 0 radical (unpaired) electrons. The molecule has 3 unspecified atom stereocenters. The van der Waals surface area contributed by atoms with Crippen LogP contribution in [0.5, 0.6) is 0 Å². The average Bonchev–Trinajstić information content (AvgIpc) is 3.26. The van der Waals surface area contributed by atoms with E-state index in [1.54, 1.807) is 23.5 Å². The highest BCUT2D eigenvalue weighted by molar-refractivity contribution is 7.08. The number of hydrogen-bond donors (Lipinski definition) is 2. The Morgan fingerprint density at radius 1 is 1.31 bits per heavy atom. The lowest BCUT2D eigenvalue weighted by Gasteiger charge is -2.36. The molecule has 0 saturated carbocycles. The normalized spacial score (nSPS) is 21.3. The topological polar surface area (TPSA) is 67.8 Å². The van der Waals surface area contributed by atoms with Gasteiger partial charge in [0.25, 0.3) is 5.91 Å². The van der Waals surface area contributed by atoms with Crippen molar-refractivity contribution in [3.8, 4) is 0 Å². The largest absolute Gasteiger partial charge is 0.459 e. The van der Waals surface area contributed by atoms with Gasteiger partial charge < -0.3 is 19.9 Å². The number of hydrogen-bond acceptors (Lipinski definition) is 5. The van der Waals surface area contributed by atoms with Crippen molar-refractivity contribution in [2.24, 2.45) is 5.92 Å². The first-order valence-corrected chi connectivity index (χ1v) is 10.7. The second-order valence-corrected chi connectivity index (χ2v) is 7.67. The highest BCUT2D eigenvalue weighted by Gasteiger charge is 2.37. The fraction of sp³-hybridized carbons (Fsp3) is 0.409. The first-order chi connectivity index (χ1) is 14.1. The summed E-state index contributed by atoms with van der Waals surface area (Å²) in [6.07, 6.45) is 2.65. The van der Waals surface area contributed by atoms with Crippen LogP contribution in [0.25, 0.3) is 0 Å². The molecule has 29 heavy (non-hydrogen) atoms. The van der Waals surface area contributed by atoms with E-state index < -0.39 is 6.29 Å². The van der Waals surface area contributed by atoms with E-state index >= 15 is 0 Å². The Balaban J connectivity index is 1.78. The predicted octanol–water partition coefficient (Wildman–Crippen LogP) is 3.95. The van der Waals surface area contributed by atoms with Gasteiger partial charge >= 0.3 is 0 Å². The molecule has 3 rings (SSSR count). The summed E-state index contributed by atoms with van der Waals surface area (Å²) in [5, 5.41) is 16.2. The summed E-state index contributed by atoms with van der Waals surface area (Å²) in [6.45, 7) is 2.72. The van der Waals surface area contributed by atoms with Gasteiger partial charge in [-0.25, -0.2) is 4.39 Å². The van der Waals surface area contributed by atoms with Crippen LogP contribution < -0.4 is 5.32 Å². The van der Waals surface area contributed by atoms with Crippen molar-refractivity contribution in [3.63, 3.8) is 0 Å². The van der Waals surface area contributed by atoms with Crippen molar-refractivity contribution < 1.29 is 23.8 Å². The molecular formula is C22H26FNO4S. The smallest absolute Gasteiger partial charge is 0.286 e. The maximum absolute atomic E-state index is 13.0. The van der Waals surface area contributed by atoms with Crippen LogP contribution in [0.3, 0.4) is 0 Å². The number of amides is 1. The molecule has 3 atom stereocenters. The lowest BCUT2D eigenvalue weighted by Crippen LogP contribution is -2.38. The number of ether oxygens (including phenoxy) is 2. The van der Waals surface area contributed by atoms with E-state index in [0.29, 0.717) is 13.0 Å². The molecule has 1 amide bonds. The number of halogens is 1. The van der Waals surface area contributed by atoms with Crippen molar-refractivity contribution in [1.29, 1.82) is 0 Å². The van der Waals surface area contributed by atoms with Crippen molar-refractivity contribution in [2.75, 3.05) is 13.2 Å². The van der Waals surface area contributed by atoms with Crippen LogP contribution in [0.1, 0.15) is 36.8 Å². The van der Waals surface area contributed by atoms with Crippen molar-refractivity contribution in [3.05, 3.63) is 69.9 Å². The number of thiophene rings is 1. The van der Waals surface area contributed by atoms with E-state index in [2.05, 4.69) is 10.7 Å². The minimum absolute atomic E-state index is 0.00495. The molecule has 2 heterocycles. The van der Waals surface area contributed by atoms with Crippen LogP contribution >= 0.6 is 11.3 Å². The van der Waals surface area contributed by atoms with Gasteiger partial charge in [-0.2, -0.15) is 11.3 Å². The molecule has 1 aromatic carbocycles. The van der Waals surface area contributed by atoms with E-state index in [0.717, 1.165) is 17.5 Å². The van der Waals surface area contributed by atoms with Gasteiger partial charge in [0.2, 0.25) is 6.29 Å². The zero-order valence-corrected chi connectivity index (χ0v) is 17.2. The van der Waals surface area contributed by atoms with E-state index in [4.69, 9.17) is 9.47 Å². The number of aliphatic hydroxyl groups is 1. The second-order valence-electron chi connectivity index (χ2n) is 6.89. The third kappa shape index (κ3) is 5.65. The quantitative estimate of drug-likeness (QED) is 0.646. The van der Waals surface area contributed by atoms with E-state index in [9.17, 15) is 14.3 Å². The highest BCUT2D eigenvalue weighted by atomic mass is 32.1. The summed E-state index contributed by atoms with van der Waals surface area (Å²) < 4.78 is 24.8. The van der Waals surface area contributed by atoms with Gasteiger partial charge in [-0.1, -0.05) is 12.1 Å². The van der Waals surface area contributed by atoms with E-state index in [1.807, 2.05) is 24.4 Å². The molecule has 0 aliphatic carbocycles. The highest BCUT2D eigenvalue weighted by Crippen LogP contribution is 2.40. The molecule has 1 aromatic heterocycles. The molecule has 1 aliphatic rings. The van der Waals surface area contributed by atoms with Crippen LogP contribution in [0.15, 0.2) is 52.9 Å². The Hall–Kier alpha value is -2.22. The minimum atomic E-state index is -0.562. The van der Waals surface area contributed by atoms with Gasteiger partial charge in [0.15, 0.2) is 5.76 Å². The Bertz CT molecular complexity index is 807. The number of carbonyl (C=O) groups is 1. The monoisotopic (exact) mass is 419 g/mol. The van der Waals surface area contributed by atoms with E-state index in [-0.39, 0.29) is 42.5 Å². The summed E-state index contributed by atoms with van der Waals surface area (Å²) in [6, 6.07) is 8.03. The molecule has 156 valence electrons. The molecule has 5 nitrogen and oxygen atoms in total. The fourth-order valence-electron chi connectivity index (χ4n) is 3.48. The SMILES string of the molecule is CCOC1OC(C(=O)NCc2ccc(F)cc2)=CC(c2ccsc2)C1CCCO. The van der Waals surface area contributed by atoms with Gasteiger partial charge in [0.05, 0.1) is 0 Å². The third-order valence-corrected chi connectivity index (χ3v) is 5.63. The Morgan fingerprint density at radius 2 is 2.10 bits per heavy atom. The Morgan fingerprint density at radius 3 is 2.76 bits per heavy atom. The molecule has 0 fully saturated rings. The molecule has 1 aliphatic heterocycles. The molecule has 0 spiro atoms. The lowest BCUT2D eigenvalue weighted by atomic mass is 9.81. The van der Waals surface area contributed by atoms with Crippen molar-refractivity contribution in [1.82, 2.24) is 5.32 Å². The van der Waals surface area contributed by atoms with E-state index in [1.165, 1.54) is 12.1 Å². The number of nitrogens with one attached hydrogen (secondary N) is 1. The van der Waals surface area contributed by atoms with Gasteiger partial charge in [0.1, 0.15) is 5.82 Å². The Labute approximate surface area is 174 Å². The zero-order valence-electron chi connectivity index (χ0n) is 16.3. The number of carbonyl (C=O) groups excluding carboxylic acids is 1. The summed E-state index contributed by atoms with van der Waals surface area (Å²) in [4.78, 5) is 12.8. The first-order valence-electron chi connectivity index (χ1n) is 9.78. The van der Waals surface area contributed by atoms with Gasteiger partial charge in [-0.05, 0) is 65.9 Å². The van der Waals surface area contributed by atoms with Crippen LogP contribution in [0.2, 0.25) is 0 Å². The van der Waals surface area contributed by atoms with Gasteiger partial charge in [0, 0.05) is 31.6 Å². The average molecular weight is 420 g/mol. The number of rotatable bonds is 9. The number of benzene rings is 1. The maximum Gasteiger partial charge on any atom is 0.286 e. The molecule has 0 saturated heterocycles.